The molecule has 0 saturated carbocycles. The molecule has 152 valence electrons. The summed E-state index contributed by atoms with van der Waals surface area (Å²) in [7, 11) is 1.51. The molecule has 1 saturated heterocycles. The van der Waals surface area contributed by atoms with Crippen LogP contribution >= 0.6 is 0 Å². The third-order valence-electron chi connectivity index (χ3n) is 5.39. The van der Waals surface area contributed by atoms with Crippen LogP contribution in [0.15, 0.2) is 45.6 Å². The number of carbonyl (C=O) groups is 3. The number of fused-ring (bicyclic) bond motifs is 2. The lowest BCUT2D eigenvalue weighted by Crippen LogP contribution is -2.52. The molecule has 2 aliphatic rings. The Hall–Kier alpha value is -4.08. The van der Waals surface area contributed by atoms with E-state index in [4.69, 9.17) is 9.15 Å². The van der Waals surface area contributed by atoms with Crippen LogP contribution in [0.1, 0.15) is 21.7 Å². The average Bonchev–Trinajstić information content (AvgIpc) is 3.36. The molecule has 1 atom stereocenters. The molecule has 0 spiro atoms. The first kappa shape index (κ1) is 18.0. The largest absolute Gasteiger partial charge is 0.497 e. The highest BCUT2D eigenvalue weighted by molar-refractivity contribution is 6.08. The van der Waals surface area contributed by atoms with Crippen molar-refractivity contribution < 1.29 is 23.5 Å². The van der Waals surface area contributed by atoms with E-state index >= 15 is 0 Å². The molecular formula is C20H16N4O6. The Kier molecular flexibility index (Phi) is 3.72. The van der Waals surface area contributed by atoms with Crippen molar-refractivity contribution >= 4 is 28.9 Å². The van der Waals surface area contributed by atoms with Gasteiger partial charge in [-0.3, -0.25) is 19.7 Å². The Balaban J connectivity index is 1.56. The van der Waals surface area contributed by atoms with Crippen LogP contribution in [-0.2, 0) is 16.9 Å². The third kappa shape index (κ3) is 2.57. The molecule has 0 aliphatic carbocycles. The zero-order chi connectivity index (χ0) is 21.0. The van der Waals surface area contributed by atoms with E-state index in [2.05, 4.69) is 15.6 Å². The monoisotopic (exact) mass is 408 g/mol. The number of aromatic nitrogens is 1. The summed E-state index contributed by atoms with van der Waals surface area (Å²) in [6.07, 6.45) is 0. The predicted molar refractivity (Wildman–Crippen MR) is 103 cm³/mol. The zero-order valence-corrected chi connectivity index (χ0v) is 15.8. The molecule has 1 fully saturated rings. The molecular weight excluding hydrogens is 392 g/mol. The van der Waals surface area contributed by atoms with E-state index in [9.17, 15) is 19.2 Å². The van der Waals surface area contributed by atoms with Crippen LogP contribution in [0.3, 0.4) is 0 Å². The number of nitrogens with one attached hydrogen (secondary N) is 3. The fourth-order valence-electron chi connectivity index (χ4n) is 3.90. The molecule has 5 rings (SSSR count). The van der Waals surface area contributed by atoms with Crippen molar-refractivity contribution in [1.82, 2.24) is 20.5 Å². The highest BCUT2D eigenvalue weighted by atomic mass is 16.5. The number of H-pyrrole nitrogens is 1. The van der Waals surface area contributed by atoms with E-state index in [1.807, 2.05) is 0 Å². The van der Waals surface area contributed by atoms with Gasteiger partial charge in [0.15, 0.2) is 11.1 Å². The van der Waals surface area contributed by atoms with Crippen LogP contribution in [0.25, 0.3) is 11.1 Å². The lowest BCUT2D eigenvalue weighted by atomic mass is 9.95. The van der Waals surface area contributed by atoms with Gasteiger partial charge in [-0.1, -0.05) is 6.07 Å². The molecule has 3 N–H and O–H groups in total. The van der Waals surface area contributed by atoms with Crippen LogP contribution in [0.5, 0.6) is 5.75 Å². The van der Waals surface area contributed by atoms with Gasteiger partial charge in [0.25, 0.3) is 11.8 Å². The minimum Gasteiger partial charge on any atom is -0.497 e. The van der Waals surface area contributed by atoms with E-state index in [0.717, 1.165) is 5.56 Å². The number of amides is 4. The van der Waals surface area contributed by atoms with Crippen molar-refractivity contribution in [3.8, 4) is 5.75 Å². The molecule has 4 heterocycles. The summed E-state index contributed by atoms with van der Waals surface area (Å²) in [5, 5.41) is 4.81. The first-order chi connectivity index (χ1) is 14.4. The van der Waals surface area contributed by atoms with Crippen LogP contribution in [0.2, 0.25) is 0 Å². The second kappa shape index (κ2) is 6.21. The summed E-state index contributed by atoms with van der Waals surface area (Å²) in [6.45, 7) is 0.116. The molecule has 3 aromatic rings. The number of ether oxygens (including phenoxy) is 1. The molecule has 2 aromatic heterocycles. The number of aromatic amines is 1. The lowest BCUT2D eigenvalue weighted by molar-refractivity contribution is -0.125. The Morgan fingerprint density at radius 1 is 1.13 bits per heavy atom. The van der Waals surface area contributed by atoms with Gasteiger partial charge in [0.05, 0.1) is 19.2 Å². The van der Waals surface area contributed by atoms with Crippen LogP contribution in [-0.4, -0.2) is 41.4 Å². The van der Waals surface area contributed by atoms with Crippen LogP contribution in [0.4, 0.5) is 4.79 Å². The van der Waals surface area contributed by atoms with Crippen molar-refractivity contribution in [2.24, 2.45) is 0 Å². The lowest BCUT2D eigenvalue weighted by Gasteiger charge is -2.28. The standard InChI is InChI=1S/C20H16N4O6/c1-29-11-3-2-10-8-24(17(26)12(10)6-11)9-20(18(27)22-19(28)23-20)15-7-13-14(30-15)4-5-16(25)21-13/h2-7H,8-9H2,1H3,(H,21,25)(H2,22,23,27,28)/t20-/m0/s1. The number of hydrogen-bond acceptors (Lipinski definition) is 6. The maximum atomic E-state index is 13.0. The summed E-state index contributed by atoms with van der Waals surface area (Å²) in [5.41, 5.74) is 0.0282. The fourth-order valence-corrected chi connectivity index (χ4v) is 3.90. The van der Waals surface area contributed by atoms with Gasteiger partial charge in [0, 0.05) is 24.2 Å². The first-order valence-electron chi connectivity index (χ1n) is 9.13. The van der Waals surface area contributed by atoms with Crippen LogP contribution < -0.4 is 20.9 Å². The number of benzene rings is 1. The molecule has 10 nitrogen and oxygen atoms in total. The Labute approximate surface area is 168 Å². The van der Waals surface area contributed by atoms with Crippen molar-refractivity contribution in [2.75, 3.05) is 13.7 Å². The topological polar surface area (TPSA) is 134 Å². The highest BCUT2D eigenvalue weighted by Gasteiger charge is 2.53. The summed E-state index contributed by atoms with van der Waals surface area (Å²) < 4.78 is 11.0. The minimum absolute atomic E-state index is 0.115. The number of urea groups is 1. The molecule has 0 radical (unpaired) electrons. The normalized spacial score (nSPS) is 20.4. The van der Waals surface area contributed by atoms with E-state index in [0.29, 0.717) is 22.4 Å². The molecule has 10 heteroatoms. The Morgan fingerprint density at radius 2 is 1.97 bits per heavy atom. The molecule has 4 amide bonds. The molecule has 0 bridgehead atoms. The number of hydrogen-bond donors (Lipinski definition) is 3. The van der Waals surface area contributed by atoms with Gasteiger partial charge in [-0.15, -0.1) is 0 Å². The Morgan fingerprint density at radius 3 is 2.70 bits per heavy atom. The summed E-state index contributed by atoms with van der Waals surface area (Å²) in [5.74, 6) is -0.271. The number of methoxy groups -OCH3 is 1. The number of rotatable bonds is 4. The van der Waals surface area contributed by atoms with Crippen molar-refractivity contribution in [3.05, 3.63) is 63.6 Å². The predicted octanol–water partition coefficient (Wildman–Crippen LogP) is 0.820. The second-order valence-corrected chi connectivity index (χ2v) is 7.21. The summed E-state index contributed by atoms with van der Waals surface area (Å²) >= 11 is 0. The van der Waals surface area contributed by atoms with E-state index < -0.39 is 17.5 Å². The minimum atomic E-state index is -1.63. The van der Waals surface area contributed by atoms with Gasteiger partial charge in [0.1, 0.15) is 11.5 Å². The van der Waals surface area contributed by atoms with E-state index in [1.54, 1.807) is 18.2 Å². The van der Waals surface area contributed by atoms with Gasteiger partial charge in [0.2, 0.25) is 5.56 Å². The smallest absolute Gasteiger partial charge is 0.322 e. The van der Waals surface area contributed by atoms with Gasteiger partial charge in [-0.25, -0.2) is 4.79 Å². The highest BCUT2D eigenvalue weighted by Crippen LogP contribution is 2.34. The average molecular weight is 408 g/mol. The van der Waals surface area contributed by atoms with Crippen molar-refractivity contribution in [1.29, 1.82) is 0 Å². The maximum absolute atomic E-state index is 13.0. The van der Waals surface area contributed by atoms with Crippen LogP contribution in [0, 0.1) is 0 Å². The fraction of sp³-hybridized carbons (Fsp3) is 0.200. The maximum Gasteiger partial charge on any atom is 0.322 e. The number of pyridine rings is 1. The molecule has 2 aliphatic heterocycles. The number of carbonyl (C=O) groups excluding carboxylic acids is 3. The van der Waals surface area contributed by atoms with Gasteiger partial charge < -0.3 is 24.4 Å². The van der Waals surface area contributed by atoms with Gasteiger partial charge >= 0.3 is 6.03 Å². The number of nitrogens with zero attached hydrogens (tertiary/aromatic N) is 1. The molecule has 0 unspecified atom stereocenters. The number of imide groups is 1. The van der Waals surface area contributed by atoms with Crippen molar-refractivity contribution in [2.45, 2.75) is 12.1 Å². The SMILES string of the molecule is COc1ccc2c(c1)C(=O)N(C[C@@]1(c3cc4[nH]c(=O)ccc4o3)NC(=O)NC1=O)C2. The Bertz CT molecular complexity index is 1290. The first-order valence-corrected chi connectivity index (χ1v) is 9.13. The quantitative estimate of drug-likeness (QED) is 0.548. The second-order valence-electron chi connectivity index (χ2n) is 7.21. The third-order valence-corrected chi connectivity index (χ3v) is 5.39. The zero-order valence-electron chi connectivity index (χ0n) is 15.8. The van der Waals surface area contributed by atoms with E-state index in [-0.39, 0.29) is 30.3 Å². The van der Waals surface area contributed by atoms with E-state index in [1.165, 1.54) is 30.2 Å². The van der Waals surface area contributed by atoms with Gasteiger partial charge in [-0.05, 0) is 23.8 Å². The molecule has 1 aromatic carbocycles. The number of furan rings is 1. The van der Waals surface area contributed by atoms with Gasteiger partial charge in [-0.2, -0.15) is 0 Å². The molecule has 30 heavy (non-hydrogen) atoms. The van der Waals surface area contributed by atoms with Crippen molar-refractivity contribution in [3.63, 3.8) is 0 Å². The summed E-state index contributed by atoms with van der Waals surface area (Å²) in [4.78, 5) is 53.5. The summed E-state index contributed by atoms with van der Waals surface area (Å²) in [6, 6.07) is 8.75.